The highest BCUT2D eigenvalue weighted by Crippen LogP contribution is 2.34. The van der Waals surface area contributed by atoms with Crippen LogP contribution in [0, 0.1) is 0 Å². The van der Waals surface area contributed by atoms with Crippen molar-refractivity contribution < 1.29 is 18.0 Å². The highest BCUT2D eigenvalue weighted by atomic mass is 28.4. The van der Waals surface area contributed by atoms with Gasteiger partial charge in [-0.05, 0) is 82.8 Å². The summed E-state index contributed by atoms with van der Waals surface area (Å²) in [6.45, 7) is 11.0. The Kier molecular flexibility index (Phi) is 12.2. The van der Waals surface area contributed by atoms with Gasteiger partial charge in [0.2, 0.25) is 0 Å². The van der Waals surface area contributed by atoms with Crippen LogP contribution in [0.3, 0.4) is 0 Å². The lowest BCUT2D eigenvalue weighted by Gasteiger charge is -2.30. The Morgan fingerprint density at radius 3 is 1.93 bits per heavy atom. The van der Waals surface area contributed by atoms with Crippen molar-refractivity contribution >= 4 is 8.80 Å². The minimum absolute atomic E-state index is 0.396. The number of hydrogen-bond acceptors (Lipinski definition) is 4. The SMILES string of the molecule is CCCCc1ccc([C@H]2CC[C@H](OCCC[Si](OCC)(OCC)OCC)CC2)cc1. The van der Waals surface area contributed by atoms with Gasteiger partial charge >= 0.3 is 8.80 Å². The first-order valence-corrected chi connectivity index (χ1v) is 14.2. The molecule has 0 bridgehead atoms. The molecule has 5 heteroatoms. The lowest BCUT2D eigenvalue weighted by atomic mass is 9.82. The van der Waals surface area contributed by atoms with Crippen molar-refractivity contribution in [2.45, 2.75) is 97.1 Å². The normalized spacial score (nSPS) is 19.9. The van der Waals surface area contributed by atoms with E-state index in [4.69, 9.17) is 18.0 Å². The number of benzene rings is 1. The summed E-state index contributed by atoms with van der Waals surface area (Å²) >= 11 is 0. The van der Waals surface area contributed by atoms with E-state index >= 15 is 0 Å². The van der Waals surface area contributed by atoms with Gasteiger partial charge in [-0.3, -0.25) is 0 Å². The highest BCUT2D eigenvalue weighted by molar-refractivity contribution is 6.60. The number of unbranched alkanes of at least 4 members (excludes halogenated alkanes) is 1. The summed E-state index contributed by atoms with van der Waals surface area (Å²) in [7, 11) is -2.53. The Labute approximate surface area is 186 Å². The molecule has 1 aliphatic rings. The van der Waals surface area contributed by atoms with E-state index in [0.29, 0.717) is 31.8 Å². The topological polar surface area (TPSA) is 36.9 Å². The highest BCUT2D eigenvalue weighted by Gasteiger charge is 2.39. The van der Waals surface area contributed by atoms with E-state index in [-0.39, 0.29) is 0 Å². The molecular formula is C25H44O4Si. The van der Waals surface area contributed by atoms with Crippen LogP contribution in [0.2, 0.25) is 6.04 Å². The molecule has 1 fully saturated rings. The van der Waals surface area contributed by atoms with Gasteiger partial charge in [0.05, 0.1) is 6.10 Å². The molecule has 0 heterocycles. The molecule has 0 radical (unpaired) electrons. The van der Waals surface area contributed by atoms with E-state index in [9.17, 15) is 0 Å². The van der Waals surface area contributed by atoms with Gasteiger partial charge in [-0.1, -0.05) is 37.6 Å². The zero-order valence-corrected chi connectivity index (χ0v) is 20.8. The summed E-state index contributed by atoms with van der Waals surface area (Å²) in [6, 6.07) is 10.2. The van der Waals surface area contributed by atoms with Crippen molar-refractivity contribution in [3.05, 3.63) is 35.4 Å². The average Bonchev–Trinajstić information content (AvgIpc) is 2.77. The summed E-state index contributed by atoms with van der Waals surface area (Å²) in [4.78, 5) is 0. The second kappa shape index (κ2) is 14.4. The second-order valence-electron chi connectivity index (χ2n) is 8.28. The molecular weight excluding hydrogens is 392 g/mol. The molecule has 1 aliphatic carbocycles. The van der Waals surface area contributed by atoms with Crippen molar-refractivity contribution in [2.24, 2.45) is 0 Å². The Morgan fingerprint density at radius 2 is 1.40 bits per heavy atom. The van der Waals surface area contributed by atoms with Crippen LogP contribution >= 0.6 is 0 Å². The number of ether oxygens (including phenoxy) is 1. The largest absolute Gasteiger partial charge is 0.501 e. The summed E-state index contributed by atoms with van der Waals surface area (Å²) < 4.78 is 24.0. The van der Waals surface area contributed by atoms with Crippen LogP contribution in [-0.2, 0) is 24.4 Å². The Bertz CT molecular complexity index is 538. The van der Waals surface area contributed by atoms with Gasteiger partial charge in [-0.15, -0.1) is 0 Å². The minimum atomic E-state index is -2.53. The zero-order valence-electron chi connectivity index (χ0n) is 19.8. The first kappa shape index (κ1) is 25.5. The number of hydrogen-bond donors (Lipinski definition) is 0. The van der Waals surface area contributed by atoms with Gasteiger partial charge in [0.15, 0.2) is 0 Å². The second-order valence-corrected chi connectivity index (χ2v) is 11.0. The molecule has 0 atom stereocenters. The molecule has 0 aromatic heterocycles. The fraction of sp³-hybridized carbons (Fsp3) is 0.760. The van der Waals surface area contributed by atoms with E-state index in [1.165, 1.54) is 43.2 Å². The van der Waals surface area contributed by atoms with E-state index in [0.717, 1.165) is 31.9 Å². The minimum Gasteiger partial charge on any atom is -0.378 e. The molecule has 0 spiro atoms. The maximum Gasteiger partial charge on any atom is 0.501 e. The average molecular weight is 437 g/mol. The molecule has 0 aliphatic heterocycles. The Morgan fingerprint density at radius 1 is 0.800 bits per heavy atom. The molecule has 2 rings (SSSR count). The first-order chi connectivity index (χ1) is 14.7. The molecule has 30 heavy (non-hydrogen) atoms. The number of aryl methyl sites for hydroxylation is 1. The van der Waals surface area contributed by atoms with Crippen LogP contribution in [0.4, 0.5) is 0 Å². The van der Waals surface area contributed by atoms with E-state index in [1.54, 1.807) is 0 Å². The summed E-state index contributed by atoms with van der Waals surface area (Å²) in [5, 5.41) is 0. The predicted octanol–water partition coefficient (Wildman–Crippen LogP) is 6.51. The summed E-state index contributed by atoms with van der Waals surface area (Å²) in [6.07, 6.45) is 9.86. The fourth-order valence-corrected chi connectivity index (χ4v) is 7.02. The molecule has 1 saturated carbocycles. The maximum absolute atomic E-state index is 6.22. The summed E-state index contributed by atoms with van der Waals surface area (Å²) in [5.41, 5.74) is 2.98. The lowest BCUT2D eigenvalue weighted by Crippen LogP contribution is -2.46. The standard InChI is InChI=1S/C25H44O4Si/c1-5-9-11-22-12-14-23(15-13-22)24-16-18-25(19-17-24)26-20-10-21-30(27-6-2,28-7-3)29-8-4/h12-15,24-25H,5-11,16-21H2,1-4H3/t24-,25-. The van der Waals surface area contributed by atoms with Crippen LogP contribution in [0.15, 0.2) is 24.3 Å². The van der Waals surface area contributed by atoms with Gasteiger partial charge in [-0.2, -0.15) is 0 Å². The third kappa shape index (κ3) is 8.43. The third-order valence-electron chi connectivity index (χ3n) is 6.02. The quantitative estimate of drug-likeness (QED) is 0.232. The molecule has 4 nitrogen and oxygen atoms in total. The Balaban J connectivity index is 1.70. The van der Waals surface area contributed by atoms with E-state index in [2.05, 4.69) is 31.2 Å². The van der Waals surface area contributed by atoms with Crippen molar-refractivity contribution in [1.29, 1.82) is 0 Å². The smallest absolute Gasteiger partial charge is 0.378 e. The van der Waals surface area contributed by atoms with E-state index in [1.807, 2.05) is 20.8 Å². The molecule has 1 aromatic carbocycles. The van der Waals surface area contributed by atoms with Crippen molar-refractivity contribution in [3.8, 4) is 0 Å². The van der Waals surface area contributed by atoms with E-state index < -0.39 is 8.80 Å². The molecule has 0 saturated heterocycles. The Hall–Kier alpha value is -0.723. The lowest BCUT2D eigenvalue weighted by molar-refractivity contribution is 0.0202. The monoisotopic (exact) mass is 436 g/mol. The fourth-order valence-electron chi connectivity index (χ4n) is 4.44. The van der Waals surface area contributed by atoms with Crippen LogP contribution in [0.25, 0.3) is 0 Å². The van der Waals surface area contributed by atoms with Gasteiger partial charge in [0, 0.05) is 32.5 Å². The molecule has 0 unspecified atom stereocenters. The predicted molar refractivity (Wildman–Crippen MR) is 126 cm³/mol. The van der Waals surface area contributed by atoms with Crippen LogP contribution in [0.1, 0.15) is 89.7 Å². The van der Waals surface area contributed by atoms with Crippen molar-refractivity contribution in [3.63, 3.8) is 0 Å². The van der Waals surface area contributed by atoms with Crippen LogP contribution < -0.4 is 0 Å². The van der Waals surface area contributed by atoms with Crippen molar-refractivity contribution in [1.82, 2.24) is 0 Å². The van der Waals surface area contributed by atoms with Crippen LogP contribution in [0.5, 0.6) is 0 Å². The maximum atomic E-state index is 6.22. The molecule has 1 aromatic rings. The van der Waals surface area contributed by atoms with Crippen LogP contribution in [-0.4, -0.2) is 41.3 Å². The molecule has 0 N–H and O–H groups in total. The first-order valence-electron chi connectivity index (χ1n) is 12.3. The van der Waals surface area contributed by atoms with Gasteiger partial charge in [-0.25, -0.2) is 0 Å². The van der Waals surface area contributed by atoms with Gasteiger partial charge in [0.1, 0.15) is 0 Å². The number of rotatable bonds is 15. The molecule has 0 amide bonds. The van der Waals surface area contributed by atoms with Gasteiger partial charge in [0.25, 0.3) is 0 Å². The van der Waals surface area contributed by atoms with Crippen molar-refractivity contribution in [2.75, 3.05) is 26.4 Å². The molecule has 172 valence electrons. The van der Waals surface area contributed by atoms with Gasteiger partial charge < -0.3 is 18.0 Å². The summed E-state index contributed by atoms with van der Waals surface area (Å²) in [5.74, 6) is 0.694. The third-order valence-corrected chi connectivity index (χ3v) is 9.17. The zero-order chi connectivity index (χ0) is 21.7.